The molecule has 1 aromatic heterocycles. The summed E-state index contributed by atoms with van der Waals surface area (Å²) in [7, 11) is 3.19. The molecule has 0 saturated heterocycles. The van der Waals surface area contributed by atoms with Crippen molar-refractivity contribution in [1.82, 2.24) is 14.8 Å². The second kappa shape index (κ2) is 7.91. The standard InChI is InChI=1S/C26H21FN4O3/c1-32-20-13-7-10-17(24(20)33-2)25-21-22(16-9-4-6-12-19(16)34-25)30-26-28-14-29-31(26)23(21)15-8-3-5-11-18(15)27/h3-14,23,25H,1-2H3,(H,28,29,30)/t23-,25-/m1/s1. The Kier molecular flexibility index (Phi) is 4.72. The first-order chi connectivity index (χ1) is 16.7. The molecule has 0 aliphatic carbocycles. The van der Waals surface area contributed by atoms with E-state index in [0.717, 1.165) is 22.4 Å². The molecule has 4 aromatic rings. The quantitative estimate of drug-likeness (QED) is 0.466. The number of nitrogens with zero attached hydrogens (tertiary/aromatic N) is 3. The molecule has 170 valence electrons. The van der Waals surface area contributed by atoms with Gasteiger partial charge in [-0.3, -0.25) is 0 Å². The maximum atomic E-state index is 15.2. The Morgan fingerprint density at radius 1 is 0.941 bits per heavy atom. The number of halogens is 1. The summed E-state index contributed by atoms with van der Waals surface area (Å²) in [6, 6.07) is 19.5. The number of para-hydroxylation sites is 2. The Morgan fingerprint density at radius 3 is 2.56 bits per heavy atom. The number of aromatic nitrogens is 3. The number of benzene rings is 3. The number of hydrogen-bond acceptors (Lipinski definition) is 6. The number of ether oxygens (including phenoxy) is 3. The molecule has 2 aliphatic heterocycles. The maximum absolute atomic E-state index is 15.2. The third-order valence-corrected chi connectivity index (χ3v) is 6.24. The highest BCUT2D eigenvalue weighted by Gasteiger charge is 2.42. The van der Waals surface area contributed by atoms with E-state index in [1.165, 1.54) is 12.4 Å². The third kappa shape index (κ3) is 2.95. The fourth-order valence-electron chi connectivity index (χ4n) is 4.79. The molecule has 1 N–H and O–H groups in total. The number of fused-ring (bicyclic) bond motifs is 3. The molecule has 34 heavy (non-hydrogen) atoms. The lowest BCUT2D eigenvalue weighted by atomic mass is 9.84. The Balaban J connectivity index is 1.66. The number of hydrogen-bond donors (Lipinski definition) is 1. The highest BCUT2D eigenvalue weighted by atomic mass is 19.1. The molecular weight excluding hydrogens is 435 g/mol. The second-order valence-electron chi connectivity index (χ2n) is 7.98. The lowest BCUT2D eigenvalue weighted by Gasteiger charge is -2.39. The smallest absolute Gasteiger partial charge is 0.226 e. The van der Waals surface area contributed by atoms with Gasteiger partial charge in [-0.15, -0.1) is 0 Å². The molecule has 2 atom stereocenters. The van der Waals surface area contributed by atoms with Gasteiger partial charge in [0.1, 0.15) is 23.9 Å². The summed E-state index contributed by atoms with van der Waals surface area (Å²) in [6.45, 7) is 0. The molecular formula is C26H21FN4O3. The fourth-order valence-corrected chi connectivity index (χ4v) is 4.79. The number of anilines is 1. The maximum Gasteiger partial charge on any atom is 0.226 e. The Labute approximate surface area is 195 Å². The van der Waals surface area contributed by atoms with Crippen molar-refractivity contribution in [2.45, 2.75) is 12.1 Å². The molecule has 0 unspecified atom stereocenters. The normalized spacial score (nSPS) is 18.2. The third-order valence-electron chi connectivity index (χ3n) is 6.24. The molecule has 0 fully saturated rings. The number of methoxy groups -OCH3 is 2. The van der Waals surface area contributed by atoms with E-state index < -0.39 is 12.1 Å². The monoisotopic (exact) mass is 456 g/mol. The molecule has 8 heteroatoms. The second-order valence-corrected chi connectivity index (χ2v) is 7.98. The SMILES string of the molecule is COc1cccc([C@H]2Oc3ccccc3C3=C2[C@@H](c2ccccc2F)n2ncnc2N3)c1OC. The van der Waals surface area contributed by atoms with E-state index in [4.69, 9.17) is 14.2 Å². The molecule has 0 saturated carbocycles. The van der Waals surface area contributed by atoms with Crippen LogP contribution in [0.1, 0.15) is 28.8 Å². The molecule has 7 nitrogen and oxygen atoms in total. The molecule has 0 spiro atoms. The predicted molar refractivity (Wildman–Crippen MR) is 124 cm³/mol. The van der Waals surface area contributed by atoms with Crippen LogP contribution in [0.2, 0.25) is 0 Å². The van der Waals surface area contributed by atoms with Crippen molar-refractivity contribution in [1.29, 1.82) is 0 Å². The van der Waals surface area contributed by atoms with Crippen LogP contribution in [-0.2, 0) is 0 Å². The van der Waals surface area contributed by atoms with Gasteiger partial charge in [-0.05, 0) is 24.3 Å². The van der Waals surface area contributed by atoms with Crippen molar-refractivity contribution in [2.75, 3.05) is 19.5 Å². The largest absolute Gasteiger partial charge is 0.493 e. The van der Waals surface area contributed by atoms with Crippen LogP contribution in [-0.4, -0.2) is 29.0 Å². The lowest BCUT2D eigenvalue weighted by molar-refractivity contribution is 0.215. The van der Waals surface area contributed by atoms with Crippen LogP contribution >= 0.6 is 0 Å². The minimum atomic E-state index is -0.607. The number of nitrogens with one attached hydrogen (secondary N) is 1. The highest BCUT2D eigenvalue weighted by molar-refractivity contribution is 5.85. The van der Waals surface area contributed by atoms with Crippen LogP contribution in [0.4, 0.5) is 10.3 Å². The van der Waals surface area contributed by atoms with Crippen molar-refractivity contribution in [3.63, 3.8) is 0 Å². The number of rotatable bonds is 4. The van der Waals surface area contributed by atoms with E-state index in [2.05, 4.69) is 15.4 Å². The highest BCUT2D eigenvalue weighted by Crippen LogP contribution is 2.52. The molecule has 0 radical (unpaired) electrons. The van der Waals surface area contributed by atoms with Crippen molar-refractivity contribution in [2.24, 2.45) is 0 Å². The zero-order valence-electron chi connectivity index (χ0n) is 18.5. The first-order valence-electron chi connectivity index (χ1n) is 10.8. The minimum absolute atomic E-state index is 0.335. The van der Waals surface area contributed by atoms with Gasteiger partial charge in [-0.1, -0.05) is 42.5 Å². The zero-order chi connectivity index (χ0) is 23.2. The Bertz CT molecular complexity index is 1430. The van der Waals surface area contributed by atoms with Gasteiger partial charge in [-0.2, -0.15) is 10.1 Å². The first-order valence-corrected chi connectivity index (χ1v) is 10.8. The first kappa shape index (κ1) is 20.3. The average Bonchev–Trinajstić information content (AvgIpc) is 3.35. The molecule has 2 aliphatic rings. The lowest BCUT2D eigenvalue weighted by Crippen LogP contribution is -2.33. The summed E-state index contributed by atoms with van der Waals surface area (Å²) in [5, 5.41) is 7.85. The van der Waals surface area contributed by atoms with Crippen LogP contribution in [0.15, 0.2) is 78.6 Å². The van der Waals surface area contributed by atoms with Gasteiger partial charge >= 0.3 is 0 Å². The summed E-state index contributed by atoms with van der Waals surface area (Å²) >= 11 is 0. The molecule has 6 rings (SSSR count). The summed E-state index contributed by atoms with van der Waals surface area (Å²) in [5.41, 5.74) is 3.71. The van der Waals surface area contributed by atoms with Crippen molar-refractivity contribution < 1.29 is 18.6 Å². The van der Waals surface area contributed by atoms with E-state index in [1.807, 2.05) is 48.5 Å². The summed E-state index contributed by atoms with van der Waals surface area (Å²) in [5.74, 6) is 2.03. The predicted octanol–water partition coefficient (Wildman–Crippen LogP) is 4.99. The van der Waals surface area contributed by atoms with Crippen LogP contribution in [0.5, 0.6) is 17.2 Å². The average molecular weight is 456 g/mol. The van der Waals surface area contributed by atoms with E-state index in [9.17, 15) is 0 Å². The fraction of sp³-hybridized carbons (Fsp3) is 0.154. The van der Waals surface area contributed by atoms with E-state index in [1.54, 1.807) is 31.0 Å². The molecule has 0 bridgehead atoms. The summed E-state index contributed by atoms with van der Waals surface area (Å²) in [6.07, 6.45) is 0.854. The van der Waals surface area contributed by atoms with Gasteiger partial charge in [0.2, 0.25) is 5.95 Å². The van der Waals surface area contributed by atoms with E-state index in [-0.39, 0.29) is 5.82 Å². The van der Waals surface area contributed by atoms with Gasteiger partial charge in [0.15, 0.2) is 17.6 Å². The zero-order valence-corrected chi connectivity index (χ0v) is 18.5. The molecule has 3 heterocycles. The minimum Gasteiger partial charge on any atom is -0.493 e. The van der Waals surface area contributed by atoms with Crippen molar-refractivity contribution >= 4 is 11.6 Å². The van der Waals surface area contributed by atoms with Gasteiger partial charge in [0, 0.05) is 22.3 Å². The summed E-state index contributed by atoms with van der Waals surface area (Å²) < 4.78 is 34.8. The van der Waals surface area contributed by atoms with E-state index >= 15 is 4.39 Å². The topological polar surface area (TPSA) is 70.4 Å². The molecule has 0 amide bonds. The van der Waals surface area contributed by atoms with Crippen LogP contribution in [0.25, 0.3) is 5.70 Å². The van der Waals surface area contributed by atoms with Crippen LogP contribution in [0.3, 0.4) is 0 Å². The van der Waals surface area contributed by atoms with Gasteiger partial charge < -0.3 is 19.5 Å². The van der Waals surface area contributed by atoms with Gasteiger partial charge in [0.25, 0.3) is 0 Å². The Morgan fingerprint density at radius 2 is 1.74 bits per heavy atom. The van der Waals surface area contributed by atoms with Gasteiger partial charge in [0.05, 0.1) is 19.9 Å². The molecule has 3 aromatic carbocycles. The van der Waals surface area contributed by atoms with Gasteiger partial charge in [-0.25, -0.2) is 9.07 Å². The summed E-state index contributed by atoms with van der Waals surface area (Å²) in [4.78, 5) is 4.38. The van der Waals surface area contributed by atoms with Crippen LogP contribution in [0, 0.1) is 5.82 Å². The van der Waals surface area contributed by atoms with Crippen LogP contribution < -0.4 is 19.5 Å². The Hall–Kier alpha value is -4.33. The van der Waals surface area contributed by atoms with E-state index in [0.29, 0.717) is 28.8 Å². The van der Waals surface area contributed by atoms with Crippen molar-refractivity contribution in [3.8, 4) is 17.2 Å². The van der Waals surface area contributed by atoms with Crippen molar-refractivity contribution in [3.05, 3.63) is 101 Å².